The van der Waals surface area contributed by atoms with Crippen LogP contribution in [0.5, 0.6) is 0 Å². The summed E-state index contributed by atoms with van der Waals surface area (Å²) < 4.78 is 5.55. The number of aromatic nitrogens is 1. The number of aromatic carboxylic acids is 1. The lowest BCUT2D eigenvalue weighted by Gasteiger charge is -2.27. The van der Waals surface area contributed by atoms with Crippen LogP contribution in [0, 0.1) is 0 Å². The van der Waals surface area contributed by atoms with Crippen molar-refractivity contribution < 1.29 is 24.5 Å². The Morgan fingerprint density at radius 1 is 1.05 bits per heavy atom. The minimum Gasteiger partial charge on any atom is -0.478 e. The van der Waals surface area contributed by atoms with Gasteiger partial charge in [-0.3, -0.25) is 9.78 Å². The number of pyridine rings is 1. The third-order valence-electron chi connectivity index (χ3n) is 5.64. The van der Waals surface area contributed by atoms with Gasteiger partial charge in [0, 0.05) is 34.6 Å². The van der Waals surface area contributed by atoms with Gasteiger partial charge in [-0.15, -0.1) is 11.8 Å². The molecule has 1 unspecified atom stereocenters. The topological polar surface area (TPSA) is 109 Å². The molecule has 2 aromatic carbocycles. The van der Waals surface area contributed by atoms with Crippen LogP contribution in [0.4, 0.5) is 0 Å². The lowest BCUT2D eigenvalue weighted by atomic mass is 10.0. The fourth-order valence-electron chi connectivity index (χ4n) is 3.90. The number of nitrogens with zero attached hydrogens (tertiary/aromatic N) is 1. The maximum atomic E-state index is 12.9. The normalized spacial score (nSPS) is 13.2. The van der Waals surface area contributed by atoms with E-state index >= 15 is 0 Å². The van der Waals surface area contributed by atoms with E-state index in [9.17, 15) is 19.8 Å². The highest BCUT2D eigenvalue weighted by Crippen LogP contribution is 2.32. The number of nitrogens with one attached hydrogen (secondary N) is 1. The van der Waals surface area contributed by atoms with E-state index in [1.165, 1.54) is 18.0 Å². The van der Waals surface area contributed by atoms with Crippen molar-refractivity contribution in [2.75, 3.05) is 6.54 Å². The summed E-state index contributed by atoms with van der Waals surface area (Å²) in [6.45, 7) is 9.89. The van der Waals surface area contributed by atoms with Crippen molar-refractivity contribution in [1.82, 2.24) is 10.3 Å². The highest BCUT2D eigenvalue weighted by atomic mass is 32.2. The van der Waals surface area contributed by atoms with Gasteiger partial charge in [-0.05, 0) is 62.1 Å². The van der Waals surface area contributed by atoms with Gasteiger partial charge in [0.25, 0.3) is 0 Å². The Hall–Kier alpha value is -3.20. The number of esters is 1. The standard InChI is InChI=1S/C30H36N2O5S/c1-19(2)38-25-17-22(12-13-24(25)28(34)35)21-10-8-20(9-11-21)14-16-32-26(29(36)37-30(3,4)5)27(33)23-7-6-15-31-18-23/h6-13,15,17-19,26-27,32-33H,14,16H2,1-5H3,(H,34,35)/t26?,27-/m1/s1. The lowest BCUT2D eigenvalue weighted by Crippen LogP contribution is -2.46. The van der Waals surface area contributed by atoms with Crippen LogP contribution in [-0.2, 0) is 16.0 Å². The van der Waals surface area contributed by atoms with Crippen molar-refractivity contribution in [3.05, 3.63) is 83.7 Å². The Bertz CT molecular complexity index is 1220. The maximum Gasteiger partial charge on any atom is 0.336 e. The molecule has 7 nitrogen and oxygen atoms in total. The smallest absolute Gasteiger partial charge is 0.336 e. The predicted molar refractivity (Wildman–Crippen MR) is 150 cm³/mol. The SMILES string of the molecule is CC(C)Sc1cc(-c2ccc(CCNC(C(=O)OC(C)(C)C)[C@H](O)c3cccnc3)cc2)ccc1C(=O)O. The number of carbonyl (C=O) groups excluding carboxylic acids is 1. The first-order valence-corrected chi connectivity index (χ1v) is 13.5. The molecule has 0 aliphatic heterocycles. The molecule has 2 atom stereocenters. The van der Waals surface area contributed by atoms with Gasteiger partial charge in [0.2, 0.25) is 0 Å². The molecular formula is C30H36N2O5S. The number of hydrogen-bond donors (Lipinski definition) is 3. The minimum atomic E-state index is -1.10. The molecule has 0 saturated heterocycles. The summed E-state index contributed by atoms with van der Waals surface area (Å²) in [6, 6.07) is 15.9. The highest BCUT2D eigenvalue weighted by molar-refractivity contribution is 8.00. The van der Waals surface area contributed by atoms with Crippen LogP contribution >= 0.6 is 11.8 Å². The van der Waals surface area contributed by atoms with E-state index in [-0.39, 0.29) is 5.25 Å². The van der Waals surface area contributed by atoms with E-state index in [1.807, 2.05) is 50.2 Å². The maximum absolute atomic E-state index is 12.9. The zero-order valence-corrected chi connectivity index (χ0v) is 23.3. The molecule has 1 aromatic heterocycles. The molecule has 0 spiro atoms. The van der Waals surface area contributed by atoms with Crippen LogP contribution < -0.4 is 5.32 Å². The van der Waals surface area contributed by atoms with Gasteiger partial charge in [-0.25, -0.2) is 4.79 Å². The lowest BCUT2D eigenvalue weighted by molar-refractivity contribution is -0.160. The largest absolute Gasteiger partial charge is 0.478 e. The number of carbonyl (C=O) groups is 2. The zero-order valence-electron chi connectivity index (χ0n) is 22.5. The highest BCUT2D eigenvalue weighted by Gasteiger charge is 2.32. The van der Waals surface area contributed by atoms with Gasteiger partial charge in [-0.1, -0.05) is 50.2 Å². The average Bonchev–Trinajstić information content (AvgIpc) is 2.85. The fraction of sp³-hybridized carbons (Fsp3) is 0.367. The molecule has 0 aliphatic rings. The Labute approximate surface area is 228 Å². The van der Waals surface area contributed by atoms with Gasteiger partial charge in [0.1, 0.15) is 17.7 Å². The van der Waals surface area contributed by atoms with Crippen molar-refractivity contribution in [3.8, 4) is 11.1 Å². The summed E-state index contributed by atoms with van der Waals surface area (Å²) in [4.78, 5) is 29.3. The van der Waals surface area contributed by atoms with E-state index in [0.29, 0.717) is 24.1 Å². The van der Waals surface area contributed by atoms with Gasteiger partial charge < -0.3 is 20.3 Å². The molecular weight excluding hydrogens is 500 g/mol. The summed E-state index contributed by atoms with van der Waals surface area (Å²) >= 11 is 1.53. The minimum absolute atomic E-state index is 0.263. The van der Waals surface area contributed by atoms with Crippen molar-refractivity contribution in [2.24, 2.45) is 0 Å². The van der Waals surface area contributed by atoms with Gasteiger partial charge >= 0.3 is 11.9 Å². The first-order chi connectivity index (χ1) is 17.9. The van der Waals surface area contributed by atoms with E-state index in [1.54, 1.807) is 45.2 Å². The number of ether oxygens (including phenoxy) is 1. The molecule has 0 bridgehead atoms. The number of rotatable bonds is 11. The molecule has 1 heterocycles. The van der Waals surface area contributed by atoms with Crippen molar-refractivity contribution >= 4 is 23.7 Å². The first kappa shape index (κ1) is 29.4. The Morgan fingerprint density at radius 2 is 1.74 bits per heavy atom. The fourth-order valence-corrected chi connectivity index (χ4v) is 4.88. The molecule has 0 radical (unpaired) electrons. The van der Waals surface area contributed by atoms with Gasteiger partial charge in [-0.2, -0.15) is 0 Å². The van der Waals surface area contributed by atoms with Crippen LogP contribution in [0.3, 0.4) is 0 Å². The van der Waals surface area contributed by atoms with E-state index < -0.39 is 29.7 Å². The number of aliphatic hydroxyl groups is 1. The first-order valence-electron chi connectivity index (χ1n) is 12.6. The molecule has 3 rings (SSSR count). The quantitative estimate of drug-likeness (QED) is 0.217. The molecule has 3 aromatic rings. The zero-order chi connectivity index (χ0) is 27.9. The van der Waals surface area contributed by atoms with Crippen molar-refractivity contribution in [3.63, 3.8) is 0 Å². The van der Waals surface area contributed by atoms with Gasteiger partial charge in [0.15, 0.2) is 0 Å². The second-order valence-corrected chi connectivity index (χ2v) is 11.9. The monoisotopic (exact) mass is 536 g/mol. The van der Waals surface area contributed by atoms with Crippen LogP contribution in [0.15, 0.2) is 71.9 Å². The summed E-state index contributed by atoms with van der Waals surface area (Å²) in [6.07, 6.45) is 2.68. The number of aliphatic hydroxyl groups excluding tert-OH is 1. The number of hydrogen-bond acceptors (Lipinski definition) is 7. The van der Waals surface area contributed by atoms with Crippen LogP contribution in [0.1, 0.15) is 62.2 Å². The molecule has 8 heteroatoms. The second-order valence-electron chi connectivity index (χ2n) is 10.3. The van der Waals surface area contributed by atoms with Gasteiger partial charge in [0.05, 0.1) is 5.56 Å². The van der Waals surface area contributed by atoms with E-state index in [2.05, 4.69) is 10.3 Å². The summed E-state index contributed by atoms with van der Waals surface area (Å²) in [5.74, 6) is -1.45. The van der Waals surface area contributed by atoms with Crippen LogP contribution in [0.2, 0.25) is 0 Å². The predicted octanol–water partition coefficient (Wildman–Crippen LogP) is 5.52. The summed E-state index contributed by atoms with van der Waals surface area (Å²) in [5.41, 5.74) is 3.15. The molecule has 3 N–H and O–H groups in total. The third-order valence-corrected chi connectivity index (χ3v) is 6.71. The Morgan fingerprint density at radius 3 is 2.32 bits per heavy atom. The van der Waals surface area contributed by atoms with Crippen molar-refractivity contribution in [2.45, 2.75) is 68.9 Å². The number of thioether (sulfide) groups is 1. The van der Waals surface area contributed by atoms with Crippen LogP contribution in [-0.4, -0.2) is 50.6 Å². The molecule has 0 saturated carbocycles. The molecule has 0 amide bonds. The average molecular weight is 537 g/mol. The summed E-state index contributed by atoms with van der Waals surface area (Å²) in [5, 5.41) is 23.8. The molecule has 38 heavy (non-hydrogen) atoms. The number of benzene rings is 2. The van der Waals surface area contributed by atoms with Crippen LogP contribution in [0.25, 0.3) is 11.1 Å². The van der Waals surface area contributed by atoms with Crippen molar-refractivity contribution in [1.29, 1.82) is 0 Å². The Kier molecular flexibility index (Phi) is 10.1. The number of carboxylic acids is 1. The number of carboxylic acid groups (broad SMARTS) is 1. The van der Waals surface area contributed by atoms with E-state index in [0.717, 1.165) is 21.6 Å². The van der Waals surface area contributed by atoms with E-state index in [4.69, 9.17) is 4.74 Å². The molecule has 0 aliphatic carbocycles. The molecule has 202 valence electrons. The molecule has 0 fully saturated rings. The third kappa shape index (κ3) is 8.41. The summed E-state index contributed by atoms with van der Waals surface area (Å²) in [7, 11) is 0. The Balaban J connectivity index is 1.70. The second kappa shape index (κ2) is 13.0.